The maximum Gasteiger partial charge on any atom is 0.264 e. The van der Waals surface area contributed by atoms with Crippen molar-refractivity contribution in [1.29, 1.82) is 0 Å². The first-order valence-electron chi connectivity index (χ1n) is 7.42. The van der Waals surface area contributed by atoms with Gasteiger partial charge in [-0.05, 0) is 56.6 Å². The Kier molecular flexibility index (Phi) is 3.89. The molecule has 1 saturated heterocycles. The first kappa shape index (κ1) is 13.1. The number of carbonyl (C=O) groups is 1. The van der Waals surface area contributed by atoms with Crippen LogP contribution in [0, 0.1) is 0 Å². The summed E-state index contributed by atoms with van der Waals surface area (Å²) in [5, 5.41) is 0. The van der Waals surface area contributed by atoms with Crippen molar-refractivity contribution in [3.05, 3.63) is 21.4 Å². The fraction of sp³-hybridized carbons (Fsp3) is 0.667. The van der Waals surface area contributed by atoms with Crippen LogP contribution < -0.4 is 5.73 Å². The molecular formula is C15H22N2OS. The molecule has 3 rings (SSSR count). The molecule has 1 fully saturated rings. The number of hydrogen-bond acceptors (Lipinski definition) is 3. The van der Waals surface area contributed by atoms with Gasteiger partial charge in [-0.15, -0.1) is 11.3 Å². The van der Waals surface area contributed by atoms with Crippen molar-refractivity contribution in [2.45, 2.75) is 51.0 Å². The molecule has 1 aliphatic carbocycles. The molecule has 1 aliphatic heterocycles. The normalized spacial score (nSPS) is 23.2. The first-order chi connectivity index (χ1) is 9.29. The zero-order valence-electron chi connectivity index (χ0n) is 11.4. The molecule has 0 aromatic carbocycles. The van der Waals surface area contributed by atoms with Crippen LogP contribution in [0.2, 0.25) is 0 Å². The van der Waals surface area contributed by atoms with Gasteiger partial charge in [-0.2, -0.15) is 0 Å². The maximum absolute atomic E-state index is 12.7. The third kappa shape index (κ3) is 2.56. The Labute approximate surface area is 118 Å². The van der Waals surface area contributed by atoms with Crippen molar-refractivity contribution in [3.63, 3.8) is 0 Å². The Morgan fingerprint density at radius 1 is 1.32 bits per heavy atom. The Morgan fingerprint density at radius 2 is 2.16 bits per heavy atom. The Morgan fingerprint density at radius 3 is 2.95 bits per heavy atom. The predicted octanol–water partition coefficient (Wildman–Crippen LogP) is 2.58. The van der Waals surface area contributed by atoms with E-state index in [2.05, 4.69) is 6.07 Å². The fourth-order valence-electron chi connectivity index (χ4n) is 3.25. The van der Waals surface area contributed by atoms with Crippen molar-refractivity contribution in [1.82, 2.24) is 4.90 Å². The number of aryl methyl sites for hydroxylation is 2. The molecule has 1 amide bonds. The van der Waals surface area contributed by atoms with Gasteiger partial charge in [-0.1, -0.05) is 0 Å². The van der Waals surface area contributed by atoms with E-state index in [9.17, 15) is 4.79 Å². The van der Waals surface area contributed by atoms with Gasteiger partial charge in [0.1, 0.15) is 0 Å². The van der Waals surface area contributed by atoms with Crippen LogP contribution in [0.25, 0.3) is 0 Å². The van der Waals surface area contributed by atoms with E-state index in [4.69, 9.17) is 5.73 Å². The number of carbonyl (C=O) groups excluding carboxylic acids is 1. The molecule has 1 unspecified atom stereocenters. The van der Waals surface area contributed by atoms with Gasteiger partial charge in [0.2, 0.25) is 0 Å². The lowest BCUT2D eigenvalue weighted by atomic mass is 9.99. The molecular weight excluding hydrogens is 256 g/mol. The number of rotatable bonds is 2. The maximum atomic E-state index is 12.7. The van der Waals surface area contributed by atoms with Crippen molar-refractivity contribution >= 4 is 17.2 Å². The number of nitrogens with zero attached hydrogens (tertiary/aromatic N) is 1. The molecule has 0 saturated carbocycles. The second kappa shape index (κ2) is 5.63. The third-order valence-electron chi connectivity index (χ3n) is 4.37. The summed E-state index contributed by atoms with van der Waals surface area (Å²) >= 11 is 1.72. The first-order valence-corrected chi connectivity index (χ1v) is 8.24. The highest BCUT2D eigenvalue weighted by atomic mass is 32.1. The van der Waals surface area contributed by atoms with E-state index in [1.165, 1.54) is 29.7 Å². The van der Waals surface area contributed by atoms with Gasteiger partial charge in [-0.3, -0.25) is 4.79 Å². The minimum Gasteiger partial charge on any atom is -0.334 e. The number of thiophene rings is 1. The van der Waals surface area contributed by atoms with Gasteiger partial charge in [-0.25, -0.2) is 0 Å². The topological polar surface area (TPSA) is 46.3 Å². The molecule has 0 radical (unpaired) electrons. The average molecular weight is 278 g/mol. The summed E-state index contributed by atoms with van der Waals surface area (Å²) in [5.74, 6) is 0.217. The van der Waals surface area contributed by atoms with Crippen LogP contribution in [-0.2, 0) is 12.8 Å². The van der Waals surface area contributed by atoms with Crippen LogP contribution in [-0.4, -0.2) is 29.9 Å². The zero-order valence-corrected chi connectivity index (χ0v) is 12.2. The van der Waals surface area contributed by atoms with Crippen molar-refractivity contribution in [3.8, 4) is 0 Å². The molecule has 1 aromatic rings. The van der Waals surface area contributed by atoms with Crippen molar-refractivity contribution < 1.29 is 4.79 Å². The molecule has 1 atom stereocenters. The van der Waals surface area contributed by atoms with Gasteiger partial charge < -0.3 is 10.6 Å². The molecule has 4 heteroatoms. The van der Waals surface area contributed by atoms with Crippen LogP contribution in [0.1, 0.15) is 52.2 Å². The van der Waals surface area contributed by atoms with Crippen LogP contribution in [0.3, 0.4) is 0 Å². The van der Waals surface area contributed by atoms with E-state index in [1.807, 2.05) is 4.90 Å². The summed E-state index contributed by atoms with van der Waals surface area (Å²) in [6.07, 6.45) is 8.24. The molecule has 2 heterocycles. The molecule has 3 nitrogen and oxygen atoms in total. The van der Waals surface area contributed by atoms with E-state index in [1.54, 1.807) is 11.3 Å². The van der Waals surface area contributed by atoms with Gasteiger partial charge in [0.15, 0.2) is 0 Å². The van der Waals surface area contributed by atoms with Crippen LogP contribution in [0.5, 0.6) is 0 Å². The molecule has 0 spiro atoms. The Bertz CT molecular complexity index is 445. The zero-order chi connectivity index (χ0) is 13.2. The van der Waals surface area contributed by atoms with Gasteiger partial charge in [0.05, 0.1) is 4.88 Å². The summed E-state index contributed by atoms with van der Waals surface area (Å²) in [7, 11) is 0. The Hall–Kier alpha value is -0.870. The molecule has 1 aromatic heterocycles. The highest BCUT2D eigenvalue weighted by molar-refractivity contribution is 7.14. The van der Waals surface area contributed by atoms with Crippen molar-refractivity contribution in [2.75, 3.05) is 13.1 Å². The minimum absolute atomic E-state index is 0.217. The van der Waals surface area contributed by atoms with E-state index in [0.717, 1.165) is 37.1 Å². The van der Waals surface area contributed by atoms with Crippen molar-refractivity contribution in [2.24, 2.45) is 5.73 Å². The number of piperidine rings is 1. The molecule has 0 bridgehead atoms. The van der Waals surface area contributed by atoms with Crippen LogP contribution >= 0.6 is 11.3 Å². The summed E-state index contributed by atoms with van der Waals surface area (Å²) < 4.78 is 0. The smallest absolute Gasteiger partial charge is 0.264 e. The number of hydrogen-bond donors (Lipinski definition) is 1. The summed E-state index contributed by atoms with van der Waals surface area (Å²) in [6.45, 7) is 1.47. The monoisotopic (exact) mass is 278 g/mol. The Balaban J connectivity index is 1.80. The van der Waals surface area contributed by atoms with E-state index in [0.29, 0.717) is 6.54 Å². The average Bonchev–Trinajstić information content (AvgIpc) is 2.90. The molecule has 2 N–H and O–H groups in total. The quantitative estimate of drug-likeness (QED) is 0.904. The number of likely N-dealkylation sites (tertiary alicyclic amines) is 1. The molecule has 19 heavy (non-hydrogen) atoms. The van der Waals surface area contributed by atoms with Crippen LogP contribution in [0.4, 0.5) is 0 Å². The summed E-state index contributed by atoms with van der Waals surface area (Å²) in [5.41, 5.74) is 7.23. The largest absolute Gasteiger partial charge is 0.334 e. The summed E-state index contributed by atoms with van der Waals surface area (Å²) in [4.78, 5) is 17.1. The SMILES string of the molecule is NCC1CCCCN1C(=O)c1cc2c(s1)CCCC2. The second-order valence-corrected chi connectivity index (χ2v) is 6.79. The second-order valence-electron chi connectivity index (χ2n) is 5.65. The van der Waals surface area contributed by atoms with E-state index < -0.39 is 0 Å². The number of fused-ring (bicyclic) bond motifs is 1. The van der Waals surface area contributed by atoms with Gasteiger partial charge >= 0.3 is 0 Å². The highest BCUT2D eigenvalue weighted by Gasteiger charge is 2.28. The van der Waals surface area contributed by atoms with Gasteiger partial charge in [0, 0.05) is 24.0 Å². The summed E-state index contributed by atoms with van der Waals surface area (Å²) in [6, 6.07) is 2.39. The lowest BCUT2D eigenvalue weighted by molar-refractivity contribution is 0.0628. The van der Waals surface area contributed by atoms with E-state index in [-0.39, 0.29) is 11.9 Å². The third-order valence-corrected chi connectivity index (χ3v) is 5.59. The lowest BCUT2D eigenvalue weighted by Crippen LogP contribution is -2.47. The highest BCUT2D eigenvalue weighted by Crippen LogP contribution is 2.31. The minimum atomic E-state index is 0.217. The molecule has 2 aliphatic rings. The standard InChI is InChI=1S/C15H22N2OS/c16-10-12-6-3-4-8-17(12)15(18)14-9-11-5-1-2-7-13(11)19-14/h9,12H,1-8,10,16H2. The van der Waals surface area contributed by atoms with Gasteiger partial charge in [0.25, 0.3) is 5.91 Å². The molecule has 104 valence electrons. The lowest BCUT2D eigenvalue weighted by Gasteiger charge is -2.34. The van der Waals surface area contributed by atoms with Crippen LogP contribution in [0.15, 0.2) is 6.07 Å². The predicted molar refractivity (Wildman–Crippen MR) is 78.7 cm³/mol. The fourth-order valence-corrected chi connectivity index (χ4v) is 4.46. The number of amides is 1. The number of nitrogens with two attached hydrogens (primary N) is 1. The van der Waals surface area contributed by atoms with E-state index >= 15 is 0 Å².